The summed E-state index contributed by atoms with van der Waals surface area (Å²) in [6.45, 7) is 5.44. The molecule has 1 aromatic carbocycles. The van der Waals surface area contributed by atoms with Crippen LogP contribution in [-0.4, -0.2) is 29.9 Å². The van der Waals surface area contributed by atoms with E-state index in [4.69, 9.17) is 15.9 Å². The van der Waals surface area contributed by atoms with Gasteiger partial charge in [-0.1, -0.05) is 32.0 Å². The van der Waals surface area contributed by atoms with Gasteiger partial charge in [-0.3, -0.25) is 10.2 Å². The summed E-state index contributed by atoms with van der Waals surface area (Å²) in [5.41, 5.74) is 5.93. The molecular weight excluding hydrogens is 378 g/mol. The van der Waals surface area contributed by atoms with Gasteiger partial charge in [-0.2, -0.15) is 0 Å². The molecule has 6 nitrogen and oxygen atoms in total. The van der Waals surface area contributed by atoms with E-state index in [1.165, 1.54) is 24.4 Å². The zero-order valence-electron chi connectivity index (χ0n) is 16.5. The Balaban J connectivity index is 1.76. The van der Waals surface area contributed by atoms with Gasteiger partial charge in [0.15, 0.2) is 11.6 Å². The van der Waals surface area contributed by atoms with Crippen LogP contribution in [0.5, 0.6) is 0 Å². The van der Waals surface area contributed by atoms with Crippen LogP contribution in [0.15, 0.2) is 30.5 Å². The maximum absolute atomic E-state index is 14.9. The summed E-state index contributed by atoms with van der Waals surface area (Å²) in [6, 6.07) is 5.86. The molecule has 1 aliphatic heterocycles. The summed E-state index contributed by atoms with van der Waals surface area (Å²) < 4.78 is 34.5. The number of rotatable bonds is 7. The van der Waals surface area contributed by atoms with E-state index < -0.39 is 17.6 Å². The molecule has 0 saturated carbocycles. The van der Waals surface area contributed by atoms with Gasteiger partial charge in [-0.15, -0.1) is 0 Å². The smallest absolute Gasteiger partial charge is 0.313 e. The molecule has 29 heavy (non-hydrogen) atoms. The summed E-state index contributed by atoms with van der Waals surface area (Å²) >= 11 is 0. The van der Waals surface area contributed by atoms with Crippen LogP contribution in [0.25, 0.3) is 11.1 Å². The SMILES string of the molecule is CCC1(C)CN(c2ncc(-c3cccc(COC(=O)CC(=N)N)c3F)cc2F)C1. The fourth-order valence-corrected chi connectivity index (χ4v) is 3.34. The topological polar surface area (TPSA) is 92.3 Å². The van der Waals surface area contributed by atoms with Crippen LogP contribution in [0, 0.1) is 22.5 Å². The molecule has 0 radical (unpaired) electrons. The van der Waals surface area contributed by atoms with E-state index in [2.05, 4.69) is 18.8 Å². The fourth-order valence-electron chi connectivity index (χ4n) is 3.34. The number of pyridine rings is 1. The molecule has 3 N–H and O–H groups in total. The summed E-state index contributed by atoms with van der Waals surface area (Å²) in [5, 5.41) is 7.07. The average molecular weight is 402 g/mol. The van der Waals surface area contributed by atoms with Gasteiger partial charge in [0.2, 0.25) is 0 Å². The molecule has 8 heteroatoms. The third-order valence-electron chi connectivity index (χ3n) is 5.23. The number of nitrogens with two attached hydrogens (primary N) is 1. The Morgan fingerprint density at radius 2 is 2.10 bits per heavy atom. The van der Waals surface area contributed by atoms with E-state index in [9.17, 15) is 13.6 Å². The minimum atomic E-state index is -0.715. The molecule has 0 spiro atoms. The molecular formula is C21H24F2N4O2. The first-order chi connectivity index (χ1) is 13.7. The van der Waals surface area contributed by atoms with Crippen molar-refractivity contribution in [3.05, 3.63) is 47.7 Å². The number of hydrogen-bond donors (Lipinski definition) is 2. The highest BCUT2D eigenvalue weighted by Gasteiger charge is 2.38. The van der Waals surface area contributed by atoms with Crippen molar-refractivity contribution in [2.75, 3.05) is 18.0 Å². The molecule has 0 atom stereocenters. The lowest BCUT2D eigenvalue weighted by Crippen LogP contribution is -2.55. The minimum Gasteiger partial charge on any atom is -0.460 e. The first kappa shape index (κ1) is 20.7. The molecule has 2 heterocycles. The lowest BCUT2D eigenvalue weighted by Gasteiger charge is -2.48. The number of amidine groups is 1. The highest BCUT2D eigenvalue weighted by molar-refractivity contribution is 5.94. The number of halogens is 2. The molecule has 0 amide bonds. The van der Waals surface area contributed by atoms with Crippen molar-refractivity contribution in [3.8, 4) is 11.1 Å². The van der Waals surface area contributed by atoms with Crippen LogP contribution < -0.4 is 10.6 Å². The number of carbonyl (C=O) groups is 1. The van der Waals surface area contributed by atoms with Crippen molar-refractivity contribution in [3.63, 3.8) is 0 Å². The number of carbonyl (C=O) groups excluding carboxylic acids is 1. The zero-order valence-corrected chi connectivity index (χ0v) is 16.5. The van der Waals surface area contributed by atoms with Gasteiger partial charge >= 0.3 is 5.97 Å². The second-order valence-electron chi connectivity index (χ2n) is 7.69. The van der Waals surface area contributed by atoms with E-state index in [1.54, 1.807) is 6.07 Å². The first-order valence-corrected chi connectivity index (χ1v) is 9.39. The van der Waals surface area contributed by atoms with Crippen molar-refractivity contribution in [1.82, 2.24) is 4.98 Å². The monoisotopic (exact) mass is 402 g/mol. The summed E-state index contributed by atoms with van der Waals surface area (Å²) in [6.07, 6.45) is 2.10. The van der Waals surface area contributed by atoms with Crippen LogP contribution >= 0.6 is 0 Å². The Hall–Kier alpha value is -3.03. The lowest BCUT2D eigenvalue weighted by atomic mass is 9.79. The second-order valence-corrected chi connectivity index (χ2v) is 7.69. The number of aromatic nitrogens is 1. The quantitative estimate of drug-likeness (QED) is 0.419. The van der Waals surface area contributed by atoms with Gasteiger partial charge < -0.3 is 15.4 Å². The van der Waals surface area contributed by atoms with Crippen LogP contribution in [0.1, 0.15) is 32.3 Å². The number of esters is 1. The Morgan fingerprint density at radius 3 is 2.72 bits per heavy atom. The number of ether oxygens (including phenoxy) is 1. The number of nitrogens with zero attached hydrogens (tertiary/aromatic N) is 2. The normalized spacial score (nSPS) is 15.0. The average Bonchev–Trinajstić information content (AvgIpc) is 2.64. The van der Waals surface area contributed by atoms with E-state index in [1.807, 2.05) is 4.90 Å². The molecule has 2 aromatic rings. The van der Waals surface area contributed by atoms with E-state index >= 15 is 0 Å². The van der Waals surface area contributed by atoms with Crippen molar-refractivity contribution < 1.29 is 18.3 Å². The Labute approximate surface area is 168 Å². The molecule has 1 fully saturated rings. The van der Waals surface area contributed by atoms with Crippen LogP contribution in [-0.2, 0) is 16.1 Å². The number of hydrogen-bond acceptors (Lipinski definition) is 5. The van der Waals surface area contributed by atoms with Crippen molar-refractivity contribution >= 4 is 17.6 Å². The molecule has 3 rings (SSSR count). The van der Waals surface area contributed by atoms with Gasteiger partial charge in [-0.25, -0.2) is 13.8 Å². The second kappa shape index (κ2) is 8.14. The molecule has 154 valence electrons. The van der Waals surface area contributed by atoms with Gasteiger partial charge in [0.05, 0.1) is 0 Å². The van der Waals surface area contributed by atoms with Crippen LogP contribution in [0.3, 0.4) is 0 Å². The first-order valence-electron chi connectivity index (χ1n) is 9.39. The maximum Gasteiger partial charge on any atom is 0.313 e. The standard InChI is InChI=1S/C21H24F2N4O2/c1-3-21(2)11-27(12-21)20-16(22)7-14(9-26-20)15-6-4-5-13(19(15)23)10-29-18(28)8-17(24)25/h4-7,9H,3,8,10-12H2,1-2H3,(H3,24,25). The van der Waals surface area contributed by atoms with Gasteiger partial charge in [-0.05, 0) is 12.5 Å². The molecule has 1 aromatic heterocycles. The number of anilines is 1. The third-order valence-corrected chi connectivity index (χ3v) is 5.23. The number of benzene rings is 1. The predicted molar refractivity (Wildman–Crippen MR) is 107 cm³/mol. The zero-order chi connectivity index (χ0) is 21.2. The largest absolute Gasteiger partial charge is 0.460 e. The number of nitrogens with one attached hydrogen (secondary N) is 1. The van der Waals surface area contributed by atoms with E-state index in [0.29, 0.717) is 5.56 Å². The Kier molecular flexibility index (Phi) is 5.81. The molecule has 1 saturated heterocycles. The van der Waals surface area contributed by atoms with Crippen LogP contribution in [0.2, 0.25) is 0 Å². The highest BCUT2D eigenvalue weighted by atomic mass is 19.1. The van der Waals surface area contributed by atoms with Crippen molar-refractivity contribution in [2.24, 2.45) is 11.1 Å². The summed E-state index contributed by atoms with van der Waals surface area (Å²) in [4.78, 5) is 17.6. The molecule has 0 aliphatic carbocycles. The van der Waals surface area contributed by atoms with Gasteiger partial charge in [0.1, 0.15) is 24.7 Å². The molecule has 0 bridgehead atoms. The third kappa shape index (κ3) is 4.52. The van der Waals surface area contributed by atoms with Crippen molar-refractivity contribution in [2.45, 2.75) is 33.3 Å². The minimum absolute atomic E-state index is 0.144. The predicted octanol–water partition coefficient (Wildman–Crippen LogP) is 3.63. The van der Waals surface area contributed by atoms with E-state index in [0.717, 1.165) is 19.5 Å². The highest BCUT2D eigenvalue weighted by Crippen LogP contribution is 2.37. The van der Waals surface area contributed by atoms with Crippen molar-refractivity contribution in [1.29, 1.82) is 5.41 Å². The lowest BCUT2D eigenvalue weighted by molar-refractivity contribution is -0.143. The summed E-state index contributed by atoms with van der Waals surface area (Å²) in [5.74, 6) is -1.88. The summed E-state index contributed by atoms with van der Waals surface area (Å²) in [7, 11) is 0. The van der Waals surface area contributed by atoms with Gasteiger partial charge in [0, 0.05) is 41.4 Å². The molecule has 1 aliphatic rings. The molecule has 0 unspecified atom stereocenters. The Morgan fingerprint density at radius 1 is 1.38 bits per heavy atom. The van der Waals surface area contributed by atoms with E-state index in [-0.39, 0.29) is 41.2 Å². The van der Waals surface area contributed by atoms with Crippen LogP contribution in [0.4, 0.5) is 14.6 Å². The fraction of sp³-hybridized carbons (Fsp3) is 0.381. The maximum atomic E-state index is 14.9. The van der Waals surface area contributed by atoms with Gasteiger partial charge in [0.25, 0.3) is 0 Å². The Bertz CT molecular complexity index is 942.